The first-order valence-corrected chi connectivity index (χ1v) is 5.18. The Labute approximate surface area is 95.7 Å². The second-order valence-corrected chi connectivity index (χ2v) is 3.82. The van der Waals surface area contributed by atoms with Gasteiger partial charge in [-0.15, -0.1) is 0 Å². The van der Waals surface area contributed by atoms with E-state index < -0.39 is 5.69 Å². The van der Waals surface area contributed by atoms with E-state index >= 15 is 0 Å². The van der Waals surface area contributed by atoms with Crippen LogP contribution in [0.4, 0.5) is 0 Å². The summed E-state index contributed by atoms with van der Waals surface area (Å²) in [6, 6.07) is 7.47. The largest absolute Gasteiger partial charge is 0.333 e. The van der Waals surface area contributed by atoms with E-state index in [0.717, 1.165) is 15.5 Å². The minimum Gasteiger partial charge on any atom is -0.304 e. The van der Waals surface area contributed by atoms with Crippen molar-refractivity contribution in [3.63, 3.8) is 0 Å². The van der Waals surface area contributed by atoms with Gasteiger partial charge in [-0.3, -0.25) is 9.78 Å². The summed E-state index contributed by atoms with van der Waals surface area (Å²) in [4.78, 5) is 30.0. The van der Waals surface area contributed by atoms with Crippen LogP contribution in [0.3, 0.4) is 0 Å². The molecular formula is C12H9N3O2. The van der Waals surface area contributed by atoms with Gasteiger partial charge in [-0.1, -0.05) is 18.2 Å². The molecule has 3 rings (SSSR count). The lowest BCUT2D eigenvalue weighted by molar-refractivity contribution is 0.0937. The number of nitrogens with zero attached hydrogens (tertiary/aromatic N) is 2. The number of rotatable bonds is 0. The number of benzene rings is 1. The number of hydrogen-bond acceptors (Lipinski definition) is 3. The topological polar surface area (TPSA) is 67.8 Å². The lowest BCUT2D eigenvalue weighted by Gasteiger charge is -1.99. The molecule has 0 radical (unpaired) electrons. The zero-order valence-electron chi connectivity index (χ0n) is 9.10. The number of aromatic nitrogens is 3. The Morgan fingerprint density at radius 2 is 2.12 bits per heavy atom. The number of pyridine rings is 1. The maximum Gasteiger partial charge on any atom is 0.333 e. The Kier molecular flexibility index (Phi) is 1.89. The molecule has 0 amide bonds. The van der Waals surface area contributed by atoms with Crippen molar-refractivity contribution in [1.29, 1.82) is 0 Å². The van der Waals surface area contributed by atoms with Gasteiger partial charge in [0, 0.05) is 12.3 Å². The number of carbonyl (C=O) groups excluding carboxylic acids is 1. The fourth-order valence-electron chi connectivity index (χ4n) is 2.02. The number of carbonyl (C=O) groups is 1. The van der Waals surface area contributed by atoms with E-state index in [0.29, 0.717) is 11.0 Å². The fraction of sp³-hybridized carbons (Fsp3) is 0.0833. The number of imidazole rings is 1. The van der Waals surface area contributed by atoms with E-state index in [4.69, 9.17) is 0 Å². The van der Waals surface area contributed by atoms with E-state index in [1.54, 1.807) is 0 Å². The zero-order valence-corrected chi connectivity index (χ0v) is 9.10. The third-order valence-electron chi connectivity index (χ3n) is 2.75. The second-order valence-electron chi connectivity index (χ2n) is 3.82. The molecule has 0 spiro atoms. The van der Waals surface area contributed by atoms with Crippen LogP contribution in [0.25, 0.3) is 21.9 Å². The normalized spacial score (nSPS) is 11.1. The molecule has 5 nitrogen and oxygen atoms in total. The molecule has 0 aliphatic carbocycles. The average Bonchev–Trinajstić information content (AvgIpc) is 2.65. The maximum atomic E-state index is 11.7. The molecular weight excluding hydrogens is 218 g/mol. The Balaban J connectivity index is 2.58. The molecule has 2 aromatic heterocycles. The number of fused-ring (bicyclic) bond motifs is 3. The smallest absolute Gasteiger partial charge is 0.304 e. The quantitative estimate of drug-likeness (QED) is 0.633. The van der Waals surface area contributed by atoms with Gasteiger partial charge in [0.25, 0.3) is 0 Å². The van der Waals surface area contributed by atoms with Crippen LogP contribution in [0.2, 0.25) is 0 Å². The van der Waals surface area contributed by atoms with Crippen molar-refractivity contribution < 1.29 is 4.79 Å². The minimum absolute atomic E-state index is 0.321. The van der Waals surface area contributed by atoms with Gasteiger partial charge in [0.05, 0.1) is 22.7 Å². The molecule has 0 aliphatic heterocycles. The molecule has 1 aromatic carbocycles. The highest BCUT2D eigenvalue weighted by atomic mass is 16.2. The molecule has 0 saturated heterocycles. The first-order valence-electron chi connectivity index (χ1n) is 5.18. The summed E-state index contributed by atoms with van der Waals surface area (Å²) in [5.74, 6) is -0.321. The lowest BCUT2D eigenvalue weighted by Crippen LogP contribution is -2.21. The Hall–Kier alpha value is -2.43. The molecule has 84 valence electrons. The van der Waals surface area contributed by atoms with Gasteiger partial charge in [-0.2, -0.15) is 0 Å². The van der Waals surface area contributed by atoms with Crippen molar-refractivity contribution >= 4 is 27.8 Å². The number of nitrogens with one attached hydrogen (secondary N) is 1. The van der Waals surface area contributed by atoms with Crippen molar-refractivity contribution in [3.05, 3.63) is 40.9 Å². The molecule has 0 saturated carbocycles. The fourth-order valence-corrected chi connectivity index (χ4v) is 2.02. The summed E-state index contributed by atoms with van der Waals surface area (Å²) in [6.07, 6.45) is 1.54. The average molecular weight is 227 g/mol. The molecule has 0 aliphatic rings. The highest BCUT2D eigenvalue weighted by molar-refractivity contribution is 6.04. The van der Waals surface area contributed by atoms with Crippen LogP contribution in [0, 0.1) is 0 Å². The highest BCUT2D eigenvalue weighted by Gasteiger charge is 2.12. The first-order chi connectivity index (χ1) is 8.18. The summed E-state index contributed by atoms with van der Waals surface area (Å²) < 4.78 is 1.09. The van der Waals surface area contributed by atoms with Crippen molar-refractivity contribution in [2.75, 3.05) is 0 Å². The third-order valence-corrected chi connectivity index (χ3v) is 2.75. The summed E-state index contributed by atoms with van der Waals surface area (Å²) in [6.45, 7) is 1.35. The number of aromatic amines is 1. The van der Waals surface area contributed by atoms with Gasteiger partial charge in [0.2, 0.25) is 5.91 Å². The highest BCUT2D eigenvalue weighted by Crippen LogP contribution is 2.20. The molecule has 0 fully saturated rings. The van der Waals surface area contributed by atoms with E-state index in [-0.39, 0.29) is 5.91 Å². The van der Waals surface area contributed by atoms with E-state index in [1.165, 1.54) is 13.1 Å². The van der Waals surface area contributed by atoms with Gasteiger partial charge in [-0.25, -0.2) is 9.36 Å². The molecule has 2 heterocycles. The van der Waals surface area contributed by atoms with Crippen LogP contribution in [-0.4, -0.2) is 20.4 Å². The molecule has 1 N–H and O–H groups in total. The van der Waals surface area contributed by atoms with Crippen LogP contribution in [0.1, 0.15) is 11.7 Å². The second kappa shape index (κ2) is 3.28. The predicted molar refractivity (Wildman–Crippen MR) is 64.2 cm³/mol. The van der Waals surface area contributed by atoms with E-state index in [2.05, 4.69) is 9.97 Å². The van der Waals surface area contributed by atoms with Gasteiger partial charge in [0.1, 0.15) is 0 Å². The van der Waals surface area contributed by atoms with Gasteiger partial charge in [0.15, 0.2) is 0 Å². The summed E-state index contributed by atoms with van der Waals surface area (Å²) >= 11 is 0. The minimum atomic E-state index is -0.425. The van der Waals surface area contributed by atoms with Crippen molar-refractivity contribution in [2.45, 2.75) is 6.92 Å². The van der Waals surface area contributed by atoms with Crippen LogP contribution >= 0.6 is 0 Å². The predicted octanol–water partition coefficient (Wildman–Crippen LogP) is 1.54. The van der Waals surface area contributed by atoms with E-state index in [1.807, 2.05) is 24.3 Å². The molecule has 3 aromatic rings. The molecule has 5 heteroatoms. The maximum absolute atomic E-state index is 11.7. The first kappa shape index (κ1) is 9.77. The lowest BCUT2D eigenvalue weighted by atomic mass is 10.2. The molecule has 17 heavy (non-hydrogen) atoms. The van der Waals surface area contributed by atoms with E-state index in [9.17, 15) is 9.59 Å². The zero-order chi connectivity index (χ0) is 12.0. The monoisotopic (exact) mass is 227 g/mol. The van der Waals surface area contributed by atoms with Crippen LogP contribution in [0.5, 0.6) is 0 Å². The van der Waals surface area contributed by atoms with Crippen LogP contribution in [-0.2, 0) is 0 Å². The summed E-state index contributed by atoms with van der Waals surface area (Å²) in [5, 5.41) is 0.835. The molecule has 0 unspecified atom stereocenters. The van der Waals surface area contributed by atoms with Gasteiger partial charge < -0.3 is 4.98 Å². The Morgan fingerprint density at radius 3 is 2.88 bits per heavy atom. The summed E-state index contributed by atoms with van der Waals surface area (Å²) in [5.41, 5.74) is 1.53. The molecule has 0 atom stereocenters. The third kappa shape index (κ3) is 1.29. The van der Waals surface area contributed by atoms with Crippen molar-refractivity contribution in [3.8, 4) is 0 Å². The van der Waals surface area contributed by atoms with Crippen LogP contribution in [0.15, 0.2) is 35.3 Å². The van der Waals surface area contributed by atoms with Gasteiger partial charge in [-0.05, 0) is 6.07 Å². The van der Waals surface area contributed by atoms with Gasteiger partial charge >= 0.3 is 5.69 Å². The summed E-state index contributed by atoms with van der Waals surface area (Å²) in [7, 11) is 0. The number of para-hydroxylation sites is 1. The standard InChI is InChI=1S/C12H9N3O2/c1-7(16)15-10-6-13-9-5-3-2-4-8(9)11(10)14-12(15)17/h2-6H,1H3,(H,14,17). The SMILES string of the molecule is CC(=O)n1c(=O)[nH]c2c3ccccc3ncc21. The van der Waals surface area contributed by atoms with Crippen LogP contribution < -0.4 is 5.69 Å². The number of hydrogen-bond donors (Lipinski definition) is 1. The Bertz CT molecular complexity index is 798. The Morgan fingerprint density at radius 1 is 1.35 bits per heavy atom. The van der Waals surface area contributed by atoms with Crippen molar-refractivity contribution in [1.82, 2.24) is 14.5 Å². The van der Waals surface area contributed by atoms with Crippen molar-refractivity contribution in [2.24, 2.45) is 0 Å². The molecule has 0 bridgehead atoms. The number of H-pyrrole nitrogens is 1.